The lowest BCUT2D eigenvalue weighted by molar-refractivity contribution is -0.117. The van der Waals surface area contributed by atoms with Crippen LogP contribution in [0.1, 0.15) is 20.3 Å². The first-order valence-corrected chi connectivity index (χ1v) is 7.67. The monoisotopic (exact) mass is 314 g/mol. The fourth-order valence-electron chi connectivity index (χ4n) is 2.91. The zero-order chi connectivity index (χ0) is 14.7. The second-order valence-electron chi connectivity index (χ2n) is 5.79. The first kappa shape index (κ1) is 15.6. The molecule has 0 saturated carbocycles. The summed E-state index contributed by atoms with van der Waals surface area (Å²) in [5.74, 6) is 1.23. The van der Waals surface area contributed by atoms with Gasteiger partial charge in [-0.1, -0.05) is 43.1 Å². The number of anilines is 1. The van der Waals surface area contributed by atoms with E-state index in [1.807, 2.05) is 0 Å². The van der Waals surface area contributed by atoms with Gasteiger partial charge in [0.25, 0.3) is 0 Å². The Morgan fingerprint density at radius 1 is 1.30 bits per heavy atom. The molecule has 0 bridgehead atoms. The van der Waals surface area contributed by atoms with Crippen LogP contribution in [-0.2, 0) is 4.79 Å². The third-order valence-electron chi connectivity index (χ3n) is 3.54. The Kier molecular flexibility index (Phi) is 5.30. The highest BCUT2D eigenvalue weighted by Crippen LogP contribution is 2.29. The van der Waals surface area contributed by atoms with Gasteiger partial charge in [0.1, 0.15) is 0 Å². The van der Waals surface area contributed by atoms with E-state index in [2.05, 4.69) is 24.1 Å². The van der Waals surface area contributed by atoms with E-state index < -0.39 is 0 Å². The third kappa shape index (κ3) is 4.11. The van der Waals surface area contributed by atoms with Crippen molar-refractivity contribution in [1.29, 1.82) is 0 Å². The lowest BCUT2D eigenvalue weighted by atomic mass is 9.92. The molecule has 1 saturated heterocycles. The molecular weight excluding hydrogens is 295 g/mol. The molecule has 1 fully saturated rings. The van der Waals surface area contributed by atoms with E-state index >= 15 is 0 Å². The van der Waals surface area contributed by atoms with Gasteiger partial charge in [0.15, 0.2) is 0 Å². The molecule has 1 N–H and O–H groups in total. The molecule has 0 radical (unpaired) electrons. The lowest BCUT2D eigenvalue weighted by Crippen LogP contribution is -2.42. The molecule has 1 amide bonds. The standard InChI is InChI=1S/C15H20Cl2N2O/c1-10-6-11(2)8-19(7-10)9-14(20)18-13-5-3-4-12(16)15(13)17/h3-5,10-11H,6-9H2,1-2H3,(H,18,20). The number of amides is 1. The van der Waals surface area contributed by atoms with Crippen molar-refractivity contribution < 1.29 is 4.79 Å². The van der Waals surface area contributed by atoms with Gasteiger partial charge in [0.2, 0.25) is 5.91 Å². The second kappa shape index (κ2) is 6.79. The van der Waals surface area contributed by atoms with E-state index in [9.17, 15) is 4.79 Å². The fourth-order valence-corrected chi connectivity index (χ4v) is 3.26. The van der Waals surface area contributed by atoms with Crippen LogP contribution in [0.15, 0.2) is 18.2 Å². The highest BCUT2D eigenvalue weighted by molar-refractivity contribution is 6.43. The maximum atomic E-state index is 12.1. The number of nitrogens with one attached hydrogen (secondary N) is 1. The topological polar surface area (TPSA) is 32.3 Å². The second-order valence-corrected chi connectivity index (χ2v) is 6.57. The Morgan fingerprint density at radius 3 is 2.60 bits per heavy atom. The Balaban J connectivity index is 1.94. The van der Waals surface area contributed by atoms with Gasteiger partial charge >= 0.3 is 0 Å². The molecule has 1 aliphatic heterocycles. The smallest absolute Gasteiger partial charge is 0.238 e. The number of carbonyl (C=O) groups is 1. The van der Waals surface area contributed by atoms with Crippen LogP contribution in [0.5, 0.6) is 0 Å². The third-order valence-corrected chi connectivity index (χ3v) is 4.36. The van der Waals surface area contributed by atoms with Crippen LogP contribution < -0.4 is 5.32 Å². The zero-order valence-electron chi connectivity index (χ0n) is 11.8. The summed E-state index contributed by atoms with van der Waals surface area (Å²) in [6.45, 7) is 6.81. The van der Waals surface area contributed by atoms with E-state index in [1.165, 1.54) is 6.42 Å². The largest absolute Gasteiger partial charge is 0.324 e. The number of halogens is 2. The van der Waals surface area contributed by atoms with Gasteiger partial charge in [-0.25, -0.2) is 0 Å². The molecule has 5 heteroatoms. The van der Waals surface area contributed by atoms with Gasteiger partial charge in [-0.05, 0) is 30.4 Å². The predicted molar refractivity (Wildman–Crippen MR) is 84.5 cm³/mol. The highest BCUT2D eigenvalue weighted by atomic mass is 35.5. The summed E-state index contributed by atoms with van der Waals surface area (Å²) >= 11 is 12.0. The lowest BCUT2D eigenvalue weighted by Gasteiger charge is -2.34. The molecule has 1 aliphatic rings. The number of benzene rings is 1. The van der Waals surface area contributed by atoms with Crippen molar-refractivity contribution in [2.75, 3.05) is 25.0 Å². The normalized spacial score (nSPS) is 23.6. The molecule has 2 unspecified atom stereocenters. The maximum Gasteiger partial charge on any atom is 0.238 e. The van der Waals surface area contributed by atoms with Gasteiger partial charge < -0.3 is 5.32 Å². The first-order chi connectivity index (χ1) is 9.45. The Bertz CT molecular complexity index is 483. The molecule has 20 heavy (non-hydrogen) atoms. The van der Waals surface area contributed by atoms with E-state index in [-0.39, 0.29) is 5.91 Å². The molecule has 1 heterocycles. The summed E-state index contributed by atoms with van der Waals surface area (Å²) in [4.78, 5) is 14.3. The summed E-state index contributed by atoms with van der Waals surface area (Å²) in [5, 5.41) is 3.67. The van der Waals surface area contributed by atoms with Crippen LogP contribution in [0.4, 0.5) is 5.69 Å². The SMILES string of the molecule is CC1CC(C)CN(CC(=O)Nc2cccc(Cl)c2Cl)C1. The minimum absolute atomic E-state index is 0.0459. The number of nitrogens with zero attached hydrogens (tertiary/aromatic N) is 1. The van der Waals surface area contributed by atoms with Crippen LogP contribution >= 0.6 is 23.2 Å². The molecule has 0 aromatic heterocycles. The van der Waals surface area contributed by atoms with Crippen molar-refractivity contribution in [3.05, 3.63) is 28.2 Å². The van der Waals surface area contributed by atoms with Gasteiger partial charge in [0.05, 0.1) is 22.3 Å². The molecule has 0 aliphatic carbocycles. The zero-order valence-corrected chi connectivity index (χ0v) is 13.3. The first-order valence-electron chi connectivity index (χ1n) is 6.92. The highest BCUT2D eigenvalue weighted by Gasteiger charge is 2.23. The fraction of sp³-hybridized carbons (Fsp3) is 0.533. The molecule has 0 spiro atoms. The Morgan fingerprint density at radius 2 is 1.95 bits per heavy atom. The average molecular weight is 315 g/mol. The number of carbonyl (C=O) groups excluding carboxylic acids is 1. The average Bonchev–Trinajstić information content (AvgIpc) is 2.33. The summed E-state index contributed by atoms with van der Waals surface area (Å²) in [7, 11) is 0. The van der Waals surface area contributed by atoms with Crippen molar-refractivity contribution in [1.82, 2.24) is 4.90 Å². The maximum absolute atomic E-state index is 12.1. The van der Waals surface area contributed by atoms with E-state index in [1.54, 1.807) is 18.2 Å². The van der Waals surface area contributed by atoms with Crippen molar-refractivity contribution in [2.24, 2.45) is 11.8 Å². The van der Waals surface area contributed by atoms with Crippen molar-refractivity contribution in [3.63, 3.8) is 0 Å². The number of hydrogen-bond acceptors (Lipinski definition) is 2. The number of piperidine rings is 1. The molecule has 110 valence electrons. The number of rotatable bonds is 3. The van der Waals surface area contributed by atoms with Gasteiger partial charge in [-0.15, -0.1) is 0 Å². The summed E-state index contributed by atoms with van der Waals surface area (Å²) in [6.07, 6.45) is 1.23. The minimum atomic E-state index is -0.0459. The van der Waals surface area contributed by atoms with Crippen LogP contribution in [0, 0.1) is 11.8 Å². The van der Waals surface area contributed by atoms with Crippen LogP contribution in [-0.4, -0.2) is 30.4 Å². The summed E-state index contributed by atoms with van der Waals surface area (Å²) in [5.41, 5.74) is 0.572. The van der Waals surface area contributed by atoms with E-state index in [4.69, 9.17) is 23.2 Å². The van der Waals surface area contributed by atoms with Crippen LogP contribution in [0.3, 0.4) is 0 Å². The molecule has 1 aromatic rings. The van der Waals surface area contributed by atoms with Crippen molar-refractivity contribution >= 4 is 34.8 Å². The Hall–Kier alpha value is -0.770. The van der Waals surface area contributed by atoms with Gasteiger partial charge in [0, 0.05) is 13.1 Å². The van der Waals surface area contributed by atoms with E-state index in [0.29, 0.717) is 34.1 Å². The summed E-state index contributed by atoms with van der Waals surface area (Å²) in [6, 6.07) is 5.23. The van der Waals surface area contributed by atoms with Crippen LogP contribution in [0.2, 0.25) is 10.0 Å². The molecule has 2 rings (SSSR count). The minimum Gasteiger partial charge on any atom is -0.324 e. The molecule has 1 aromatic carbocycles. The molecule has 2 atom stereocenters. The molecule has 3 nitrogen and oxygen atoms in total. The van der Waals surface area contributed by atoms with Gasteiger partial charge in [-0.3, -0.25) is 9.69 Å². The van der Waals surface area contributed by atoms with Crippen molar-refractivity contribution in [2.45, 2.75) is 20.3 Å². The van der Waals surface area contributed by atoms with Crippen molar-refractivity contribution in [3.8, 4) is 0 Å². The van der Waals surface area contributed by atoms with Gasteiger partial charge in [-0.2, -0.15) is 0 Å². The van der Waals surface area contributed by atoms with E-state index in [0.717, 1.165) is 13.1 Å². The number of hydrogen-bond donors (Lipinski definition) is 1. The quantitative estimate of drug-likeness (QED) is 0.917. The molecular formula is C15H20Cl2N2O. The number of likely N-dealkylation sites (tertiary alicyclic amines) is 1. The predicted octanol–water partition coefficient (Wildman–Crippen LogP) is 3.91. The summed E-state index contributed by atoms with van der Waals surface area (Å²) < 4.78 is 0. The Labute approximate surface area is 130 Å². The van der Waals surface area contributed by atoms with Crippen LogP contribution in [0.25, 0.3) is 0 Å².